The molecule has 0 saturated carbocycles. The van der Waals surface area contributed by atoms with Gasteiger partial charge in [0, 0.05) is 0 Å². The molecule has 0 aliphatic rings. The number of carbonyl (C=O) groups is 1. The van der Waals surface area contributed by atoms with E-state index in [0.717, 1.165) is 0 Å². The molecule has 1 rings (SSSR count). The summed E-state index contributed by atoms with van der Waals surface area (Å²) in [4.78, 5) is 8.58. The minimum Gasteiger partial charge on any atom is -0.372 e. The number of benzene rings is 1. The Labute approximate surface area is 85.6 Å². The summed E-state index contributed by atoms with van der Waals surface area (Å²) in [5.74, 6) is 0. The van der Waals surface area contributed by atoms with Gasteiger partial charge >= 0.3 is 0 Å². The second-order valence-corrected chi connectivity index (χ2v) is 2.65. The zero-order chi connectivity index (χ0) is 9.56. The molecule has 2 nitrogen and oxygen atoms in total. The fraction of sp³-hybridized carbons (Fsp3) is 0.300. The summed E-state index contributed by atoms with van der Waals surface area (Å²) in [6.07, 6.45) is 0.250. The van der Waals surface area contributed by atoms with Crippen LogP contribution >= 0.6 is 12.4 Å². The molecule has 3 heteroatoms. The van der Waals surface area contributed by atoms with Crippen LogP contribution in [0.2, 0.25) is 0 Å². The van der Waals surface area contributed by atoms with Crippen LogP contribution in [-0.2, 0) is 4.79 Å². The van der Waals surface area contributed by atoms with Crippen LogP contribution in [0.5, 0.6) is 0 Å². The Morgan fingerprint density at radius 1 is 1.15 bits per heavy atom. The van der Waals surface area contributed by atoms with Crippen LogP contribution in [0, 0.1) is 20.8 Å². The molecule has 74 valence electrons. The molecule has 0 spiro atoms. The van der Waals surface area contributed by atoms with Crippen LogP contribution in [-0.4, -0.2) is 6.41 Å². The molecule has 0 aliphatic carbocycles. The molecule has 0 atom stereocenters. The van der Waals surface area contributed by atoms with Crippen molar-refractivity contribution in [1.29, 1.82) is 0 Å². The highest BCUT2D eigenvalue weighted by Crippen LogP contribution is 2.09. The summed E-state index contributed by atoms with van der Waals surface area (Å²) < 4.78 is 0. The lowest BCUT2D eigenvalue weighted by Crippen LogP contribution is -1.82. The number of rotatable bonds is 0. The van der Waals surface area contributed by atoms with E-state index in [-0.39, 0.29) is 18.8 Å². The first-order valence-corrected chi connectivity index (χ1v) is 3.81. The summed E-state index contributed by atoms with van der Waals surface area (Å²) in [5, 5.41) is 0. The van der Waals surface area contributed by atoms with Crippen molar-refractivity contribution in [2.24, 2.45) is 5.73 Å². The lowest BCUT2D eigenvalue weighted by Gasteiger charge is -2.00. The fourth-order valence-corrected chi connectivity index (χ4v) is 0.898. The third kappa shape index (κ3) is 5.26. The van der Waals surface area contributed by atoms with Gasteiger partial charge in [-0.25, -0.2) is 0 Å². The van der Waals surface area contributed by atoms with Crippen molar-refractivity contribution in [2.75, 3.05) is 0 Å². The molecule has 0 fully saturated rings. The largest absolute Gasteiger partial charge is 0.372 e. The highest BCUT2D eigenvalue weighted by atomic mass is 35.5. The molecule has 0 aliphatic heterocycles. The van der Waals surface area contributed by atoms with Crippen molar-refractivity contribution >= 4 is 18.8 Å². The van der Waals surface area contributed by atoms with E-state index in [1.165, 1.54) is 16.7 Å². The van der Waals surface area contributed by atoms with E-state index in [2.05, 4.69) is 44.7 Å². The van der Waals surface area contributed by atoms with E-state index in [1.54, 1.807) is 0 Å². The second kappa shape index (κ2) is 7.62. The van der Waals surface area contributed by atoms with Crippen molar-refractivity contribution in [2.45, 2.75) is 20.8 Å². The first-order valence-electron chi connectivity index (χ1n) is 3.81. The summed E-state index contributed by atoms with van der Waals surface area (Å²) >= 11 is 0. The quantitative estimate of drug-likeness (QED) is 0.643. The maximum atomic E-state index is 8.58. The number of aryl methyl sites for hydroxylation is 2. The molecular weight excluding hydrogens is 186 g/mol. The highest BCUT2D eigenvalue weighted by Gasteiger charge is 1.91. The standard InChI is InChI=1S/C9H12.CH3NO.ClH/c1-7-5-4-6-8(2)9(7)3;2-1-3;/h4-6H,1-3H3;1H,(H2,2,3);1H. The summed E-state index contributed by atoms with van der Waals surface area (Å²) in [5.41, 5.74) is 8.35. The predicted molar refractivity (Wildman–Crippen MR) is 58.2 cm³/mol. The maximum Gasteiger partial charge on any atom is 0.204 e. The lowest BCUT2D eigenvalue weighted by atomic mass is 10.1. The van der Waals surface area contributed by atoms with Crippen LogP contribution in [0.4, 0.5) is 0 Å². The molecule has 1 aromatic rings. The van der Waals surface area contributed by atoms with Gasteiger partial charge in [-0.2, -0.15) is 0 Å². The molecule has 0 heterocycles. The first-order chi connectivity index (χ1) is 5.63. The van der Waals surface area contributed by atoms with Gasteiger partial charge in [0.15, 0.2) is 0 Å². The number of nitrogens with two attached hydrogens (primary N) is 1. The molecule has 0 unspecified atom stereocenters. The topological polar surface area (TPSA) is 43.1 Å². The van der Waals surface area contributed by atoms with Crippen molar-refractivity contribution in [3.05, 3.63) is 34.9 Å². The number of carbonyl (C=O) groups excluding carboxylic acids is 1. The molecule has 13 heavy (non-hydrogen) atoms. The van der Waals surface area contributed by atoms with Crippen LogP contribution in [0.25, 0.3) is 0 Å². The molecule has 0 radical (unpaired) electrons. The predicted octanol–water partition coefficient (Wildman–Crippen LogP) is 2.14. The van der Waals surface area contributed by atoms with Crippen molar-refractivity contribution < 1.29 is 4.79 Å². The molecular formula is C10H16ClNO. The summed E-state index contributed by atoms with van der Waals surface area (Å²) in [6, 6.07) is 6.38. The third-order valence-corrected chi connectivity index (χ3v) is 1.88. The van der Waals surface area contributed by atoms with Gasteiger partial charge in [0.2, 0.25) is 6.41 Å². The van der Waals surface area contributed by atoms with E-state index in [4.69, 9.17) is 4.79 Å². The highest BCUT2D eigenvalue weighted by molar-refractivity contribution is 5.85. The van der Waals surface area contributed by atoms with Gasteiger partial charge in [0.25, 0.3) is 0 Å². The van der Waals surface area contributed by atoms with Crippen LogP contribution in [0.1, 0.15) is 16.7 Å². The van der Waals surface area contributed by atoms with Gasteiger partial charge < -0.3 is 5.73 Å². The SMILES string of the molecule is Cc1cccc(C)c1C.Cl.NC=O. The molecule has 2 N–H and O–H groups in total. The monoisotopic (exact) mass is 201 g/mol. The Kier molecular flexibility index (Phi) is 8.50. The number of hydrogen-bond donors (Lipinski definition) is 1. The molecule has 0 saturated heterocycles. The molecule has 0 bridgehead atoms. The molecule has 1 amide bonds. The van der Waals surface area contributed by atoms with Gasteiger partial charge in [-0.3, -0.25) is 4.79 Å². The van der Waals surface area contributed by atoms with E-state index in [1.807, 2.05) is 0 Å². The zero-order valence-electron chi connectivity index (χ0n) is 8.20. The lowest BCUT2D eigenvalue weighted by molar-refractivity contribution is -0.106. The van der Waals surface area contributed by atoms with Crippen molar-refractivity contribution in [1.82, 2.24) is 0 Å². The number of primary amides is 1. The fourth-order valence-electron chi connectivity index (χ4n) is 0.898. The van der Waals surface area contributed by atoms with E-state index in [0.29, 0.717) is 0 Å². The van der Waals surface area contributed by atoms with Crippen LogP contribution < -0.4 is 5.73 Å². The average molecular weight is 202 g/mol. The minimum atomic E-state index is 0. The van der Waals surface area contributed by atoms with E-state index in [9.17, 15) is 0 Å². The minimum absolute atomic E-state index is 0. The molecule has 1 aromatic carbocycles. The first kappa shape index (κ1) is 14.5. The molecule has 0 aromatic heterocycles. The maximum absolute atomic E-state index is 8.58. The van der Waals surface area contributed by atoms with Gasteiger partial charge in [0.1, 0.15) is 0 Å². The Bertz CT molecular complexity index is 241. The number of hydrogen-bond acceptors (Lipinski definition) is 1. The normalized spacial score (nSPS) is 7.62. The van der Waals surface area contributed by atoms with Crippen molar-refractivity contribution in [3.63, 3.8) is 0 Å². The zero-order valence-corrected chi connectivity index (χ0v) is 9.02. The van der Waals surface area contributed by atoms with Gasteiger partial charge in [-0.05, 0) is 37.5 Å². The Morgan fingerprint density at radius 3 is 1.69 bits per heavy atom. The Morgan fingerprint density at radius 2 is 1.46 bits per heavy atom. The third-order valence-electron chi connectivity index (χ3n) is 1.88. The van der Waals surface area contributed by atoms with Crippen LogP contribution in [0.3, 0.4) is 0 Å². The van der Waals surface area contributed by atoms with Crippen LogP contribution in [0.15, 0.2) is 18.2 Å². The van der Waals surface area contributed by atoms with Gasteiger partial charge in [-0.1, -0.05) is 18.2 Å². The number of amides is 1. The van der Waals surface area contributed by atoms with Gasteiger partial charge in [0.05, 0.1) is 0 Å². The smallest absolute Gasteiger partial charge is 0.204 e. The number of halogens is 1. The van der Waals surface area contributed by atoms with E-state index < -0.39 is 0 Å². The Balaban J connectivity index is 0. The van der Waals surface area contributed by atoms with E-state index >= 15 is 0 Å². The summed E-state index contributed by atoms with van der Waals surface area (Å²) in [6.45, 7) is 6.44. The van der Waals surface area contributed by atoms with Crippen molar-refractivity contribution in [3.8, 4) is 0 Å². The average Bonchev–Trinajstić information content (AvgIpc) is 2.02. The second-order valence-electron chi connectivity index (χ2n) is 2.65. The van der Waals surface area contributed by atoms with Gasteiger partial charge in [-0.15, -0.1) is 12.4 Å². The summed E-state index contributed by atoms with van der Waals surface area (Å²) in [7, 11) is 0. The Hall–Kier alpha value is -1.02.